The average molecular weight is 290 g/mol. The predicted molar refractivity (Wildman–Crippen MR) is 84.7 cm³/mol. The Morgan fingerprint density at radius 1 is 1.30 bits per heavy atom. The van der Waals surface area contributed by atoms with Crippen molar-refractivity contribution >= 4 is 11.3 Å². The van der Waals surface area contributed by atoms with Crippen LogP contribution in [0.3, 0.4) is 0 Å². The molecule has 20 heavy (non-hydrogen) atoms. The molecular formula is C16H22N2OS. The number of methoxy groups -OCH3 is 1. The Morgan fingerprint density at radius 3 is 2.80 bits per heavy atom. The number of nitrogens with two attached hydrogens (primary N) is 1. The number of hydrogen-bond acceptors (Lipinski definition) is 4. The van der Waals surface area contributed by atoms with E-state index in [2.05, 4.69) is 53.7 Å². The molecule has 0 aliphatic rings. The van der Waals surface area contributed by atoms with Crippen LogP contribution >= 0.6 is 11.3 Å². The number of hydrogen-bond donors (Lipinski definition) is 1. The SMILES string of the molecule is COCc1cccc(C(CN)N(C)Cc2cccs2)c1. The Balaban J connectivity index is 2.12. The van der Waals surface area contributed by atoms with Crippen LogP contribution in [-0.2, 0) is 17.9 Å². The molecule has 0 spiro atoms. The summed E-state index contributed by atoms with van der Waals surface area (Å²) in [6.07, 6.45) is 0. The smallest absolute Gasteiger partial charge is 0.0713 e. The fourth-order valence-electron chi connectivity index (χ4n) is 2.39. The molecule has 0 amide bonds. The van der Waals surface area contributed by atoms with Crippen LogP contribution in [0.15, 0.2) is 41.8 Å². The first-order chi connectivity index (χ1) is 9.74. The van der Waals surface area contributed by atoms with Gasteiger partial charge in [-0.2, -0.15) is 0 Å². The van der Waals surface area contributed by atoms with E-state index in [0.717, 1.165) is 6.54 Å². The molecule has 4 heteroatoms. The van der Waals surface area contributed by atoms with Gasteiger partial charge >= 0.3 is 0 Å². The third kappa shape index (κ3) is 3.90. The van der Waals surface area contributed by atoms with Crippen LogP contribution in [0.4, 0.5) is 0 Å². The molecule has 0 fully saturated rings. The first kappa shape index (κ1) is 15.2. The van der Waals surface area contributed by atoms with Crippen LogP contribution in [0.1, 0.15) is 22.0 Å². The summed E-state index contributed by atoms with van der Waals surface area (Å²) in [5.74, 6) is 0. The zero-order valence-corrected chi connectivity index (χ0v) is 12.9. The van der Waals surface area contributed by atoms with Gasteiger partial charge in [0.05, 0.1) is 6.61 Å². The summed E-state index contributed by atoms with van der Waals surface area (Å²) >= 11 is 1.78. The second kappa shape index (κ2) is 7.55. The van der Waals surface area contributed by atoms with Gasteiger partial charge in [0.15, 0.2) is 0 Å². The number of likely N-dealkylation sites (N-methyl/N-ethyl adjacent to an activating group) is 1. The molecule has 2 N–H and O–H groups in total. The highest BCUT2D eigenvalue weighted by atomic mass is 32.1. The molecule has 108 valence electrons. The molecular weight excluding hydrogens is 268 g/mol. The van der Waals surface area contributed by atoms with Crippen LogP contribution < -0.4 is 5.73 Å². The van der Waals surface area contributed by atoms with Crippen molar-refractivity contribution in [1.29, 1.82) is 0 Å². The van der Waals surface area contributed by atoms with Gasteiger partial charge in [-0.1, -0.05) is 30.3 Å². The lowest BCUT2D eigenvalue weighted by Crippen LogP contribution is -2.30. The summed E-state index contributed by atoms with van der Waals surface area (Å²) in [6, 6.07) is 13.0. The average Bonchev–Trinajstić information content (AvgIpc) is 2.93. The van der Waals surface area contributed by atoms with Gasteiger partial charge in [-0.15, -0.1) is 11.3 Å². The Bertz CT molecular complexity index is 513. The Kier molecular flexibility index (Phi) is 5.73. The van der Waals surface area contributed by atoms with Crippen molar-refractivity contribution in [1.82, 2.24) is 4.90 Å². The summed E-state index contributed by atoms with van der Waals surface area (Å²) in [7, 11) is 3.84. The van der Waals surface area contributed by atoms with Crippen molar-refractivity contribution in [3.8, 4) is 0 Å². The molecule has 1 unspecified atom stereocenters. The minimum Gasteiger partial charge on any atom is -0.380 e. The van der Waals surface area contributed by atoms with Crippen molar-refractivity contribution in [3.05, 3.63) is 57.8 Å². The highest BCUT2D eigenvalue weighted by Gasteiger charge is 2.16. The van der Waals surface area contributed by atoms with Gasteiger partial charge in [0.2, 0.25) is 0 Å². The molecule has 0 bridgehead atoms. The summed E-state index contributed by atoms with van der Waals surface area (Å²) in [6.45, 7) is 2.17. The van der Waals surface area contributed by atoms with Gasteiger partial charge in [-0.3, -0.25) is 4.90 Å². The van der Waals surface area contributed by atoms with E-state index < -0.39 is 0 Å². The summed E-state index contributed by atoms with van der Waals surface area (Å²) in [4.78, 5) is 3.66. The Hall–Kier alpha value is -1.20. The van der Waals surface area contributed by atoms with Gasteiger partial charge in [0.25, 0.3) is 0 Å². The summed E-state index contributed by atoms with van der Waals surface area (Å²) in [5, 5.41) is 2.11. The predicted octanol–water partition coefficient (Wildman–Crippen LogP) is 3.03. The second-order valence-electron chi connectivity index (χ2n) is 4.92. The molecule has 1 heterocycles. The Labute approximate surface area is 125 Å². The highest BCUT2D eigenvalue weighted by molar-refractivity contribution is 7.09. The van der Waals surface area contributed by atoms with Crippen molar-refractivity contribution in [2.75, 3.05) is 20.7 Å². The molecule has 0 aliphatic heterocycles. The lowest BCUT2D eigenvalue weighted by atomic mass is 10.0. The maximum atomic E-state index is 5.99. The highest BCUT2D eigenvalue weighted by Crippen LogP contribution is 2.23. The minimum atomic E-state index is 0.230. The molecule has 0 aliphatic carbocycles. The van der Waals surface area contributed by atoms with E-state index in [1.807, 2.05) is 0 Å². The molecule has 3 nitrogen and oxygen atoms in total. The minimum absolute atomic E-state index is 0.230. The van der Waals surface area contributed by atoms with Gasteiger partial charge < -0.3 is 10.5 Å². The molecule has 2 rings (SSSR count). The lowest BCUT2D eigenvalue weighted by Gasteiger charge is -2.27. The number of rotatable bonds is 7. The zero-order chi connectivity index (χ0) is 14.4. The zero-order valence-electron chi connectivity index (χ0n) is 12.1. The van der Waals surface area contributed by atoms with E-state index >= 15 is 0 Å². The van der Waals surface area contributed by atoms with Gasteiger partial charge in [0.1, 0.15) is 0 Å². The normalized spacial score (nSPS) is 12.8. The fourth-order valence-corrected chi connectivity index (χ4v) is 3.15. The second-order valence-corrected chi connectivity index (χ2v) is 5.96. The molecule has 1 aromatic heterocycles. The number of nitrogens with zero attached hydrogens (tertiary/aromatic N) is 1. The first-order valence-corrected chi connectivity index (χ1v) is 7.63. The largest absolute Gasteiger partial charge is 0.380 e. The summed E-state index contributed by atoms with van der Waals surface area (Å²) < 4.78 is 5.20. The maximum Gasteiger partial charge on any atom is 0.0713 e. The lowest BCUT2D eigenvalue weighted by molar-refractivity contribution is 0.184. The van der Waals surface area contributed by atoms with Gasteiger partial charge in [-0.25, -0.2) is 0 Å². The van der Waals surface area contributed by atoms with E-state index in [1.54, 1.807) is 18.4 Å². The van der Waals surface area contributed by atoms with E-state index in [9.17, 15) is 0 Å². The molecule has 1 atom stereocenters. The van der Waals surface area contributed by atoms with Crippen LogP contribution in [-0.4, -0.2) is 25.6 Å². The third-order valence-electron chi connectivity index (χ3n) is 3.39. The summed E-state index contributed by atoms with van der Waals surface area (Å²) in [5.41, 5.74) is 8.43. The first-order valence-electron chi connectivity index (χ1n) is 6.75. The van der Waals surface area contributed by atoms with Gasteiger partial charge in [-0.05, 0) is 29.6 Å². The number of benzene rings is 1. The van der Waals surface area contributed by atoms with Crippen LogP contribution in [0.25, 0.3) is 0 Å². The third-order valence-corrected chi connectivity index (χ3v) is 4.25. The maximum absolute atomic E-state index is 5.99. The van der Waals surface area contributed by atoms with Crippen molar-refractivity contribution < 1.29 is 4.74 Å². The monoisotopic (exact) mass is 290 g/mol. The van der Waals surface area contributed by atoms with Crippen LogP contribution in [0, 0.1) is 0 Å². The van der Waals surface area contributed by atoms with E-state index in [4.69, 9.17) is 10.5 Å². The molecule has 0 saturated heterocycles. The van der Waals surface area contributed by atoms with E-state index in [1.165, 1.54) is 16.0 Å². The van der Waals surface area contributed by atoms with Crippen LogP contribution in [0.5, 0.6) is 0 Å². The van der Waals surface area contributed by atoms with Crippen molar-refractivity contribution in [2.24, 2.45) is 5.73 Å². The number of thiophene rings is 1. The van der Waals surface area contributed by atoms with Crippen molar-refractivity contribution in [2.45, 2.75) is 19.2 Å². The van der Waals surface area contributed by atoms with Gasteiger partial charge in [0, 0.05) is 31.1 Å². The Morgan fingerprint density at radius 2 is 2.15 bits per heavy atom. The molecule has 0 saturated carbocycles. The molecule has 2 aromatic rings. The van der Waals surface area contributed by atoms with Crippen molar-refractivity contribution in [3.63, 3.8) is 0 Å². The topological polar surface area (TPSA) is 38.5 Å². The van der Waals surface area contributed by atoms with E-state index in [-0.39, 0.29) is 6.04 Å². The number of ether oxygens (including phenoxy) is 1. The fraction of sp³-hybridized carbons (Fsp3) is 0.375. The molecule has 0 radical (unpaired) electrons. The molecule has 1 aromatic carbocycles. The van der Waals surface area contributed by atoms with E-state index in [0.29, 0.717) is 13.2 Å². The quantitative estimate of drug-likeness (QED) is 0.852. The van der Waals surface area contributed by atoms with Crippen LogP contribution in [0.2, 0.25) is 0 Å². The standard InChI is InChI=1S/C16H22N2OS/c1-18(11-15-7-4-8-20-15)16(10-17)14-6-3-5-13(9-14)12-19-2/h3-9,16H,10-12,17H2,1-2H3.